The summed E-state index contributed by atoms with van der Waals surface area (Å²) in [4.78, 5) is 67.4. The van der Waals surface area contributed by atoms with Gasteiger partial charge < -0.3 is 36.9 Å². The topological polar surface area (TPSA) is 217 Å². The third-order valence-electron chi connectivity index (χ3n) is 4.91. The molecule has 13 nitrogen and oxygen atoms in total. The molecule has 4 unspecified atom stereocenters. The van der Waals surface area contributed by atoms with Crippen molar-refractivity contribution >= 4 is 29.7 Å². The fraction of sp³-hybridized carbons (Fsp3) is 0.619. The van der Waals surface area contributed by atoms with E-state index in [1.54, 1.807) is 27.7 Å². The van der Waals surface area contributed by atoms with Crippen LogP contribution in [0.15, 0.2) is 12.5 Å². The first kappa shape index (κ1) is 28.6. The van der Waals surface area contributed by atoms with Crippen LogP contribution in [0.5, 0.6) is 0 Å². The quantitative estimate of drug-likeness (QED) is 0.173. The lowest BCUT2D eigenvalue weighted by molar-refractivity contribution is -0.144. The smallest absolute Gasteiger partial charge is 0.326 e. The molecule has 1 rings (SSSR count). The van der Waals surface area contributed by atoms with Crippen LogP contribution in [0.4, 0.5) is 0 Å². The zero-order valence-corrected chi connectivity index (χ0v) is 19.7. The van der Waals surface area contributed by atoms with Crippen LogP contribution in [-0.4, -0.2) is 74.0 Å². The molecule has 0 aliphatic heterocycles. The summed E-state index contributed by atoms with van der Waals surface area (Å²) in [6.07, 6.45) is 2.44. The lowest BCUT2D eigenvalue weighted by Crippen LogP contribution is -2.59. The maximum Gasteiger partial charge on any atom is 0.326 e. The number of nitrogens with two attached hydrogens (primary N) is 1. The molecule has 0 fully saturated rings. The minimum Gasteiger partial charge on any atom is -0.481 e. The van der Waals surface area contributed by atoms with Crippen LogP contribution in [0, 0.1) is 11.8 Å². The second-order valence-corrected chi connectivity index (χ2v) is 8.81. The van der Waals surface area contributed by atoms with Gasteiger partial charge in [-0.1, -0.05) is 27.7 Å². The molecule has 8 N–H and O–H groups in total. The summed E-state index contributed by atoms with van der Waals surface area (Å²) in [6.45, 7) is 6.84. The summed E-state index contributed by atoms with van der Waals surface area (Å²) in [5, 5.41) is 25.6. The lowest BCUT2D eigenvalue weighted by atomic mass is 10.0. The van der Waals surface area contributed by atoms with E-state index < -0.39 is 66.2 Å². The predicted molar refractivity (Wildman–Crippen MR) is 120 cm³/mol. The van der Waals surface area contributed by atoms with Gasteiger partial charge in [0.1, 0.15) is 18.1 Å². The van der Waals surface area contributed by atoms with E-state index in [1.165, 1.54) is 12.5 Å². The first-order valence-corrected chi connectivity index (χ1v) is 10.9. The van der Waals surface area contributed by atoms with Gasteiger partial charge in [0.25, 0.3) is 0 Å². The van der Waals surface area contributed by atoms with Gasteiger partial charge in [0.05, 0.1) is 18.8 Å². The fourth-order valence-electron chi connectivity index (χ4n) is 3.13. The Morgan fingerprint density at radius 2 is 1.59 bits per heavy atom. The molecule has 13 heteroatoms. The third-order valence-corrected chi connectivity index (χ3v) is 4.91. The van der Waals surface area contributed by atoms with Crippen LogP contribution < -0.4 is 21.7 Å². The maximum absolute atomic E-state index is 12.9. The van der Waals surface area contributed by atoms with Crippen molar-refractivity contribution in [2.45, 2.75) is 71.1 Å². The summed E-state index contributed by atoms with van der Waals surface area (Å²) in [7, 11) is 0. The van der Waals surface area contributed by atoms with E-state index in [9.17, 15) is 34.2 Å². The van der Waals surface area contributed by atoms with Gasteiger partial charge in [-0.05, 0) is 18.3 Å². The highest BCUT2D eigenvalue weighted by molar-refractivity contribution is 5.95. The van der Waals surface area contributed by atoms with Gasteiger partial charge in [0, 0.05) is 18.3 Å². The number of rotatable bonds is 14. The second kappa shape index (κ2) is 13.3. The first-order chi connectivity index (χ1) is 15.8. The van der Waals surface area contributed by atoms with E-state index in [0.717, 1.165) is 0 Å². The van der Waals surface area contributed by atoms with Gasteiger partial charge in [-0.15, -0.1) is 0 Å². The summed E-state index contributed by atoms with van der Waals surface area (Å²) in [5.74, 6) is -5.50. The van der Waals surface area contributed by atoms with E-state index in [4.69, 9.17) is 5.73 Å². The highest BCUT2D eigenvalue weighted by atomic mass is 16.4. The molecule has 0 saturated carbocycles. The predicted octanol–water partition coefficient (Wildman–Crippen LogP) is -1.00. The van der Waals surface area contributed by atoms with Crippen molar-refractivity contribution < 1.29 is 34.2 Å². The first-order valence-electron chi connectivity index (χ1n) is 10.9. The number of carbonyl (C=O) groups is 5. The number of nitrogens with one attached hydrogen (secondary N) is 4. The van der Waals surface area contributed by atoms with E-state index in [1.807, 2.05) is 0 Å². The summed E-state index contributed by atoms with van der Waals surface area (Å²) in [5.41, 5.74) is 6.53. The molecule has 0 saturated heterocycles. The maximum atomic E-state index is 12.9. The molecule has 0 spiro atoms. The zero-order chi connectivity index (χ0) is 26.0. The number of H-pyrrole nitrogens is 1. The molecule has 4 atom stereocenters. The highest BCUT2D eigenvalue weighted by Crippen LogP contribution is 2.08. The molecule has 3 amide bonds. The molecule has 0 aromatic carbocycles. The van der Waals surface area contributed by atoms with Crippen molar-refractivity contribution in [2.75, 3.05) is 0 Å². The molecule has 190 valence electrons. The van der Waals surface area contributed by atoms with E-state index in [-0.39, 0.29) is 18.8 Å². The average Bonchev–Trinajstić information content (AvgIpc) is 3.22. The van der Waals surface area contributed by atoms with Crippen LogP contribution in [0.2, 0.25) is 0 Å². The molecule has 34 heavy (non-hydrogen) atoms. The minimum atomic E-state index is -1.55. The second-order valence-electron chi connectivity index (χ2n) is 8.81. The van der Waals surface area contributed by atoms with Crippen LogP contribution in [0.3, 0.4) is 0 Å². The van der Waals surface area contributed by atoms with E-state index >= 15 is 0 Å². The Labute approximate surface area is 197 Å². The van der Waals surface area contributed by atoms with Crippen LogP contribution >= 0.6 is 0 Å². The summed E-state index contributed by atoms with van der Waals surface area (Å²) in [6, 6.07) is -4.90. The lowest BCUT2D eigenvalue weighted by Gasteiger charge is -2.26. The average molecular weight is 483 g/mol. The monoisotopic (exact) mass is 482 g/mol. The molecular weight excluding hydrogens is 448 g/mol. The zero-order valence-electron chi connectivity index (χ0n) is 19.7. The number of imidazole rings is 1. The Morgan fingerprint density at radius 3 is 2.06 bits per heavy atom. The van der Waals surface area contributed by atoms with Crippen LogP contribution in [-0.2, 0) is 30.4 Å². The number of carboxylic acids is 2. The Morgan fingerprint density at radius 1 is 0.971 bits per heavy atom. The number of amides is 3. The number of aromatic amines is 1. The number of hydrogen-bond acceptors (Lipinski definition) is 7. The molecule has 1 heterocycles. The van der Waals surface area contributed by atoms with Crippen molar-refractivity contribution in [1.29, 1.82) is 0 Å². The number of hydrogen-bond donors (Lipinski definition) is 7. The summed E-state index contributed by atoms with van der Waals surface area (Å²) >= 11 is 0. The van der Waals surface area contributed by atoms with Gasteiger partial charge in [-0.3, -0.25) is 19.2 Å². The van der Waals surface area contributed by atoms with Gasteiger partial charge in [-0.2, -0.15) is 0 Å². The van der Waals surface area contributed by atoms with Gasteiger partial charge in [-0.25, -0.2) is 9.78 Å². The number of aromatic nitrogens is 2. The van der Waals surface area contributed by atoms with Crippen molar-refractivity contribution in [1.82, 2.24) is 25.9 Å². The molecule has 0 aliphatic rings. The molecule has 0 aliphatic carbocycles. The minimum absolute atomic E-state index is 0.0552. The Bertz CT molecular complexity index is 856. The highest BCUT2D eigenvalue weighted by Gasteiger charge is 2.33. The van der Waals surface area contributed by atoms with Gasteiger partial charge >= 0.3 is 11.9 Å². The van der Waals surface area contributed by atoms with Crippen molar-refractivity contribution in [3.63, 3.8) is 0 Å². The van der Waals surface area contributed by atoms with Crippen LogP contribution in [0.1, 0.15) is 46.2 Å². The molecular formula is C21H34N6O7. The van der Waals surface area contributed by atoms with Gasteiger partial charge in [0.15, 0.2) is 0 Å². The van der Waals surface area contributed by atoms with Crippen molar-refractivity contribution in [3.05, 3.63) is 18.2 Å². The SMILES string of the molecule is CC(C)CC(NC(=O)C(CC(=O)O)NC(=O)C(NC(=O)C(N)Cc1cnc[nH]1)C(C)C)C(=O)O. The Kier molecular flexibility index (Phi) is 11.2. The normalized spacial score (nSPS) is 14.7. The Hall–Kier alpha value is -3.48. The number of carbonyl (C=O) groups excluding carboxylic acids is 3. The summed E-state index contributed by atoms with van der Waals surface area (Å²) < 4.78 is 0. The molecule has 0 radical (unpaired) electrons. The van der Waals surface area contributed by atoms with Crippen LogP contribution in [0.25, 0.3) is 0 Å². The number of carboxylic acid groups (broad SMARTS) is 2. The van der Waals surface area contributed by atoms with E-state index in [2.05, 4.69) is 25.9 Å². The fourth-order valence-corrected chi connectivity index (χ4v) is 3.13. The Balaban J connectivity index is 2.91. The van der Waals surface area contributed by atoms with Gasteiger partial charge in [0.2, 0.25) is 17.7 Å². The van der Waals surface area contributed by atoms with Crippen molar-refractivity contribution in [3.8, 4) is 0 Å². The standard InChI is InChI=1S/C21H34N6O7/c1-10(2)5-15(21(33)34)26-19(31)14(7-16(28)29)25-20(32)17(11(3)4)27-18(30)13(22)6-12-8-23-9-24-12/h8-11,13-15,17H,5-7,22H2,1-4H3,(H,23,24)(H,25,32)(H,26,31)(H,27,30)(H,28,29)(H,33,34). The van der Waals surface area contributed by atoms with Crippen molar-refractivity contribution in [2.24, 2.45) is 17.6 Å². The third kappa shape index (κ3) is 9.57. The van der Waals surface area contributed by atoms with E-state index in [0.29, 0.717) is 5.69 Å². The largest absolute Gasteiger partial charge is 0.481 e. The molecule has 1 aromatic heterocycles. The molecule has 0 bridgehead atoms. The number of aliphatic carboxylic acids is 2. The number of nitrogens with zero attached hydrogens (tertiary/aromatic N) is 1. The molecule has 1 aromatic rings.